The van der Waals surface area contributed by atoms with E-state index in [2.05, 4.69) is 68.8 Å². The summed E-state index contributed by atoms with van der Waals surface area (Å²) in [6.45, 7) is 8.95. The predicted octanol–water partition coefficient (Wildman–Crippen LogP) is 3.86. The lowest BCUT2D eigenvalue weighted by atomic mass is 9.87. The molecule has 19 heavy (non-hydrogen) atoms. The Kier molecular flexibility index (Phi) is 3.30. The van der Waals surface area contributed by atoms with Gasteiger partial charge in [0.1, 0.15) is 0 Å². The van der Waals surface area contributed by atoms with Gasteiger partial charge in [0.05, 0.1) is 17.8 Å². The molecule has 0 amide bonds. The molecule has 0 unspecified atom stereocenters. The van der Waals surface area contributed by atoms with Crippen LogP contribution < -0.4 is 5.06 Å². The van der Waals surface area contributed by atoms with Crippen LogP contribution in [0.2, 0.25) is 0 Å². The van der Waals surface area contributed by atoms with Gasteiger partial charge in [-0.1, -0.05) is 32.9 Å². The summed E-state index contributed by atoms with van der Waals surface area (Å²) in [4.78, 5) is 6.06. The molecule has 0 aromatic heterocycles. The van der Waals surface area contributed by atoms with Gasteiger partial charge in [0.25, 0.3) is 0 Å². The van der Waals surface area contributed by atoms with E-state index in [9.17, 15) is 0 Å². The summed E-state index contributed by atoms with van der Waals surface area (Å²) < 4.78 is 0. The van der Waals surface area contributed by atoms with Crippen LogP contribution in [0.3, 0.4) is 0 Å². The lowest BCUT2D eigenvalue weighted by molar-refractivity contribution is 0.0855. The first kappa shape index (κ1) is 13.3. The molecule has 0 aliphatic carbocycles. The van der Waals surface area contributed by atoms with Crippen LogP contribution in [-0.4, -0.2) is 23.7 Å². The molecule has 0 radical (unpaired) electrons. The van der Waals surface area contributed by atoms with Crippen molar-refractivity contribution in [2.24, 2.45) is 5.92 Å². The highest BCUT2D eigenvalue weighted by molar-refractivity contribution is 7.99. The van der Waals surface area contributed by atoms with Crippen molar-refractivity contribution in [2.75, 3.05) is 16.6 Å². The lowest BCUT2D eigenvalue weighted by Crippen LogP contribution is -2.31. The van der Waals surface area contributed by atoms with Crippen LogP contribution in [0.15, 0.2) is 24.3 Å². The molecule has 2 aliphatic heterocycles. The fourth-order valence-electron chi connectivity index (χ4n) is 2.95. The number of benzene rings is 1. The molecule has 2 nitrogen and oxygen atoms in total. The maximum absolute atomic E-state index is 6.06. The molecule has 2 fully saturated rings. The van der Waals surface area contributed by atoms with Crippen molar-refractivity contribution in [3.05, 3.63) is 29.8 Å². The number of rotatable bonds is 1. The molecule has 3 atom stereocenters. The molecule has 1 aromatic carbocycles. The summed E-state index contributed by atoms with van der Waals surface area (Å²) in [5.74, 6) is 3.12. The zero-order valence-electron chi connectivity index (χ0n) is 12.2. The van der Waals surface area contributed by atoms with Crippen molar-refractivity contribution in [3.8, 4) is 0 Å². The number of hydroxylamine groups is 1. The van der Waals surface area contributed by atoms with Crippen LogP contribution in [0.25, 0.3) is 0 Å². The van der Waals surface area contributed by atoms with Crippen molar-refractivity contribution in [3.63, 3.8) is 0 Å². The van der Waals surface area contributed by atoms with Gasteiger partial charge < -0.3 is 0 Å². The average molecular weight is 277 g/mol. The summed E-state index contributed by atoms with van der Waals surface area (Å²) in [5, 5.41) is 2.15. The van der Waals surface area contributed by atoms with Crippen molar-refractivity contribution in [1.82, 2.24) is 0 Å². The lowest BCUT2D eigenvalue weighted by Gasteiger charge is -2.25. The molecule has 2 aliphatic rings. The highest BCUT2D eigenvalue weighted by Gasteiger charge is 2.44. The molecule has 2 heterocycles. The number of nitrogens with zero attached hydrogens (tertiary/aromatic N) is 1. The molecular formula is C16H23NOS. The van der Waals surface area contributed by atoms with E-state index in [0.29, 0.717) is 18.1 Å². The second kappa shape index (κ2) is 4.71. The Labute approximate surface area is 120 Å². The van der Waals surface area contributed by atoms with E-state index in [0.717, 1.165) is 0 Å². The van der Waals surface area contributed by atoms with Crippen LogP contribution in [0.4, 0.5) is 5.69 Å². The Balaban J connectivity index is 1.83. The van der Waals surface area contributed by atoms with E-state index in [4.69, 9.17) is 4.84 Å². The summed E-state index contributed by atoms with van der Waals surface area (Å²) in [5.41, 5.74) is 2.79. The first-order chi connectivity index (χ1) is 8.97. The number of hydrogen-bond acceptors (Lipinski definition) is 3. The highest BCUT2D eigenvalue weighted by atomic mass is 32.2. The molecule has 0 spiro atoms. The minimum Gasteiger partial charge on any atom is -0.270 e. The van der Waals surface area contributed by atoms with Gasteiger partial charge >= 0.3 is 0 Å². The molecule has 3 rings (SSSR count). The number of hydrogen-bond donors (Lipinski definition) is 0. The largest absolute Gasteiger partial charge is 0.270 e. The van der Waals surface area contributed by atoms with E-state index < -0.39 is 0 Å². The Morgan fingerprint density at radius 1 is 1.16 bits per heavy atom. The Bertz CT molecular complexity index is 451. The van der Waals surface area contributed by atoms with E-state index >= 15 is 0 Å². The minimum atomic E-state index is 0.212. The second-order valence-corrected chi connectivity index (χ2v) is 7.78. The maximum Gasteiger partial charge on any atom is 0.0885 e. The maximum atomic E-state index is 6.06. The van der Waals surface area contributed by atoms with Crippen molar-refractivity contribution in [1.29, 1.82) is 0 Å². The summed E-state index contributed by atoms with van der Waals surface area (Å²) >= 11 is 2.05. The van der Waals surface area contributed by atoms with Crippen LogP contribution in [-0.2, 0) is 10.3 Å². The van der Waals surface area contributed by atoms with Crippen molar-refractivity contribution in [2.45, 2.75) is 45.3 Å². The van der Waals surface area contributed by atoms with Gasteiger partial charge in [-0.25, -0.2) is 5.06 Å². The Morgan fingerprint density at radius 2 is 1.84 bits per heavy atom. The van der Waals surface area contributed by atoms with Gasteiger partial charge in [-0.3, -0.25) is 4.84 Å². The molecule has 2 saturated heterocycles. The van der Waals surface area contributed by atoms with Gasteiger partial charge in [-0.2, -0.15) is 11.8 Å². The molecule has 3 heteroatoms. The van der Waals surface area contributed by atoms with Crippen LogP contribution in [0.1, 0.15) is 33.3 Å². The van der Waals surface area contributed by atoms with E-state index in [1.54, 1.807) is 0 Å². The minimum absolute atomic E-state index is 0.212. The highest BCUT2D eigenvalue weighted by Crippen LogP contribution is 2.40. The molecule has 0 saturated carbocycles. The van der Waals surface area contributed by atoms with Crippen LogP contribution >= 0.6 is 11.8 Å². The standard InChI is InChI=1S/C16H23NOS/c1-11-14-9-19-10-15(14)17(18-11)13-7-5-12(6-8-13)16(2,3)4/h5-8,11,14-15H,9-10H2,1-4H3/t11-,14-,15-/m1/s1. The number of fused-ring (bicyclic) bond motifs is 1. The molecule has 0 N–H and O–H groups in total. The van der Waals surface area contributed by atoms with Gasteiger partial charge in [-0.05, 0) is 30.0 Å². The monoisotopic (exact) mass is 277 g/mol. The topological polar surface area (TPSA) is 12.5 Å². The zero-order valence-corrected chi connectivity index (χ0v) is 13.0. The number of thioether (sulfide) groups is 1. The normalized spacial score (nSPS) is 30.7. The van der Waals surface area contributed by atoms with E-state index in [-0.39, 0.29) is 5.41 Å². The first-order valence-electron chi connectivity index (χ1n) is 7.11. The fourth-order valence-corrected chi connectivity index (χ4v) is 4.47. The molecule has 104 valence electrons. The van der Waals surface area contributed by atoms with Crippen LogP contribution in [0, 0.1) is 5.92 Å². The smallest absolute Gasteiger partial charge is 0.0885 e. The second-order valence-electron chi connectivity index (χ2n) is 6.70. The third-order valence-electron chi connectivity index (χ3n) is 4.26. The Hall–Kier alpha value is -0.670. The van der Waals surface area contributed by atoms with Crippen molar-refractivity contribution >= 4 is 17.4 Å². The predicted molar refractivity (Wildman–Crippen MR) is 82.8 cm³/mol. The van der Waals surface area contributed by atoms with Gasteiger partial charge in [-0.15, -0.1) is 0 Å². The zero-order chi connectivity index (χ0) is 13.6. The molecule has 1 aromatic rings. The summed E-state index contributed by atoms with van der Waals surface area (Å²) in [6, 6.07) is 9.44. The summed E-state index contributed by atoms with van der Waals surface area (Å²) in [6.07, 6.45) is 0.349. The van der Waals surface area contributed by atoms with Crippen molar-refractivity contribution < 1.29 is 4.84 Å². The first-order valence-corrected chi connectivity index (χ1v) is 8.26. The van der Waals surface area contributed by atoms with E-state index in [1.807, 2.05) is 0 Å². The third kappa shape index (κ3) is 2.38. The average Bonchev–Trinajstić information content (AvgIpc) is 2.93. The SMILES string of the molecule is C[C@H]1ON(c2ccc(C(C)(C)C)cc2)[C@@H]2CSC[C@@H]21. The van der Waals surface area contributed by atoms with E-state index in [1.165, 1.54) is 22.8 Å². The summed E-state index contributed by atoms with van der Waals surface area (Å²) in [7, 11) is 0. The third-order valence-corrected chi connectivity index (χ3v) is 5.46. The van der Waals surface area contributed by atoms with Gasteiger partial charge in [0.15, 0.2) is 0 Å². The Morgan fingerprint density at radius 3 is 2.47 bits per heavy atom. The molecular weight excluding hydrogens is 254 g/mol. The fraction of sp³-hybridized carbons (Fsp3) is 0.625. The quantitative estimate of drug-likeness (QED) is 0.773. The molecule has 0 bridgehead atoms. The van der Waals surface area contributed by atoms with Gasteiger partial charge in [0, 0.05) is 17.4 Å². The van der Waals surface area contributed by atoms with Gasteiger partial charge in [0.2, 0.25) is 0 Å². The van der Waals surface area contributed by atoms with Crippen LogP contribution in [0.5, 0.6) is 0 Å². The number of anilines is 1.